The zero-order valence-electron chi connectivity index (χ0n) is 10.8. The number of amides is 1. The Labute approximate surface area is 123 Å². The van der Waals surface area contributed by atoms with Gasteiger partial charge in [0.25, 0.3) is 0 Å². The van der Waals surface area contributed by atoms with Crippen molar-refractivity contribution in [3.8, 4) is 0 Å². The fourth-order valence-corrected chi connectivity index (χ4v) is 2.89. The molecule has 0 saturated carbocycles. The lowest BCUT2D eigenvalue weighted by atomic mass is 9.87. The van der Waals surface area contributed by atoms with E-state index in [4.69, 9.17) is 11.6 Å². The van der Waals surface area contributed by atoms with Crippen molar-refractivity contribution >= 4 is 30.2 Å². The molecule has 0 bridgehead atoms. The van der Waals surface area contributed by atoms with Gasteiger partial charge in [-0.05, 0) is 34.4 Å². The summed E-state index contributed by atoms with van der Waals surface area (Å²) >= 11 is 6.14. The molecule has 3 rings (SSSR count). The average molecular weight is 284 g/mol. The van der Waals surface area contributed by atoms with Gasteiger partial charge in [0.15, 0.2) is 0 Å². The Hall–Kier alpha value is -2.06. The Bertz CT molecular complexity index is 678. The number of nitrogens with one attached hydrogen (secondary N) is 1. The third kappa shape index (κ3) is 2.35. The third-order valence-corrected chi connectivity index (χ3v) is 3.88. The normalized spacial score (nSPS) is 15.9. The molecule has 0 saturated heterocycles. The Kier molecular flexibility index (Phi) is 3.57. The van der Waals surface area contributed by atoms with Gasteiger partial charge in [-0.2, -0.15) is 0 Å². The first kappa shape index (κ1) is 12.9. The van der Waals surface area contributed by atoms with Crippen LogP contribution in [-0.4, -0.2) is 13.0 Å². The van der Waals surface area contributed by atoms with E-state index in [1.54, 1.807) is 0 Å². The molecule has 1 unspecified atom stereocenters. The second-order valence-electron chi connectivity index (χ2n) is 4.81. The largest absolute Gasteiger partial charge is 0.358 e. The van der Waals surface area contributed by atoms with E-state index in [1.807, 2.05) is 30.3 Å². The van der Waals surface area contributed by atoms with Crippen molar-refractivity contribution in [2.45, 2.75) is 5.92 Å². The van der Waals surface area contributed by atoms with E-state index in [-0.39, 0.29) is 5.92 Å². The Morgan fingerprint density at radius 3 is 2.60 bits per heavy atom. The first-order chi connectivity index (χ1) is 9.79. The van der Waals surface area contributed by atoms with E-state index in [1.165, 1.54) is 11.1 Å². The lowest BCUT2D eigenvalue weighted by Gasteiger charge is -2.20. The fourth-order valence-electron chi connectivity index (χ4n) is 2.71. The van der Waals surface area contributed by atoms with Gasteiger partial charge in [0.1, 0.15) is 0 Å². The number of halogens is 1. The highest BCUT2D eigenvalue weighted by Crippen LogP contribution is 2.35. The maximum atomic E-state index is 10.7. The van der Waals surface area contributed by atoms with Crippen LogP contribution in [0.15, 0.2) is 42.5 Å². The van der Waals surface area contributed by atoms with Crippen molar-refractivity contribution in [3.63, 3.8) is 0 Å². The van der Waals surface area contributed by atoms with Crippen LogP contribution in [0, 0.1) is 0 Å². The molecule has 100 valence electrons. The van der Waals surface area contributed by atoms with Gasteiger partial charge in [0.2, 0.25) is 6.41 Å². The molecular formula is C17H14ClNO. The van der Waals surface area contributed by atoms with Gasteiger partial charge in [0.05, 0.1) is 0 Å². The van der Waals surface area contributed by atoms with Crippen LogP contribution < -0.4 is 5.32 Å². The van der Waals surface area contributed by atoms with Crippen molar-refractivity contribution in [3.05, 3.63) is 69.7 Å². The molecule has 20 heavy (non-hydrogen) atoms. The minimum atomic E-state index is 0.111. The highest BCUT2D eigenvalue weighted by molar-refractivity contribution is 6.30. The van der Waals surface area contributed by atoms with Gasteiger partial charge in [-0.1, -0.05) is 54.1 Å². The topological polar surface area (TPSA) is 29.1 Å². The summed E-state index contributed by atoms with van der Waals surface area (Å²) in [4.78, 5) is 10.7. The maximum Gasteiger partial charge on any atom is 0.207 e. The quantitative estimate of drug-likeness (QED) is 0.855. The van der Waals surface area contributed by atoms with E-state index in [9.17, 15) is 4.79 Å². The van der Waals surface area contributed by atoms with Gasteiger partial charge in [-0.25, -0.2) is 0 Å². The average Bonchev–Trinajstić information content (AvgIpc) is 2.62. The van der Waals surface area contributed by atoms with Crippen LogP contribution in [0.4, 0.5) is 0 Å². The van der Waals surface area contributed by atoms with E-state index in [2.05, 4.69) is 29.6 Å². The van der Waals surface area contributed by atoms with Gasteiger partial charge in [-0.15, -0.1) is 0 Å². The number of carbonyl (C=O) groups excluding carboxylic acids is 1. The minimum absolute atomic E-state index is 0.111. The number of fused-ring (bicyclic) bond motifs is 2. The van der Waals surface area contributed by atoms with Crippen LogP contribution in [0.2, 0.25) is 5.02 Å². The van der Waals surface area contributed by atoms with Crippen LogP contribution in [0.5, 0.6) is 0 Å². The summed E-state index contributed by atoms with van der Waals surface area (Å²) < 4.78 is 0. The van der Waals surface area contributed by atoms with Crippen LogP contribution >= 0.6 is 11.6 Å². The molecule has 0 radical (unpaired) electrons. The van der Waals surface area contributed by atoms with Crippen molar-refractivity contribution < 1.29 is 4.79 Å². The van der Waals surface area contributed by atoms with E-state index in [0.717, 1.165) is 17.5 Å². The Morgan fingerprint density at radius 1 is 1.05 bits per heavy atom. The van der Waals surface area contributed by atoms with Crippen molar-refractivity contribution in [1.82, 2.24) is 5.32 Å². The van der Waals surface area contributed by atoms with Crippen molar-refractivity contribution in [2.24, 2.45) is 0 Å². The van der Waals surface area contributed by atoms with Crippen LogP contribution in [0.1, 0.15) is 28.2 Å². The van der Waals surface area contributed by atoms with Crippen LogP contribution in [0.3, 0.4) is 0 Å². The molecule has 0 spiro atoms. The summed E-state index contributed by atoms with van der Waals surface area (Å²) in [7, 11) is 0. The first-order valence-corrected chi connectivity index (χ1v) is 6.91. The number of rotatable bonds is 3. The number of hydrogen-bond acceptors (Lipinski definition) is 1. The van der Waals surface area contributed by atoms with E-state index < -0.39 is 0 Å². The summed E-state index contributed by atoms with van der Waals surface area (Å²) in [6, 6.07) is 14.1. The standard InChI is InChI=1S/C17H14ClNO/c18-14-8-7-13-6-5-12-3-1-2-4-15(12)17(10-19-11-20)16(13)9-14/h1-9,11,17H,10H2,(H,19,20). The molecule has 3 heteroatoms. The van der Waals surface area contributed by atoms with Crippen molar-refractivity contribution in [2.75, 3.05) is 6.54 Å². The molecule has 1 N–H and O–H groups in total. The molecule has 1 amide bonds. The van der Waals surface area contributed by atoms with Crippen molar-refractivity contribution in [1.29, 1.82) is 0 Å². The highest BCUT2D eigenvalue weighted by atomic mass is 35.5. The van der Waals surface area contributed by atoms with E-state index in [0.29, 0.717) is 11.6 Å². The second kappa shape index (κ2) is 5.51. The smallest absolute Gasteiger partial charge is 0.207 e. The number of hydrogen-bond donors (Lipinski definition) is 1. The molecule has 2 aromatic rings. The zero-order chi connectivity index (χ0) is 13.9. The predicted molar refractivity (Wildman–Crippen MR) is 82.7 cm³/mol. The minimum Gasteiger partial charge on any atom is -0.358 e. The summed E-state index contributed by atoms with van der Waals surface area (Å²) in [5.41, 5.74) is 4.67. The Balaban J connectivity index is 2.17. The van der Waals surface area contributed by atoms with Gasteiger partial charge in [-0.3, -0.25) is 4.79 Å². The lowest BCUT2D eigenvalue weighted by molar-refractivity contribution is -0.109. The fraction of sp³-hybridized carbons (Fsp3) is 0.118. The molecule has 0 aromatic heterocycles. The predicted octanol–water partition coefficient (Wildman–Crippen LogP) is 3.70. The second-order valence-corrected chi connectivity index (χ2v) is 5.25. The maximum absolute atomic E-state index is 10.7. The third-order valence-electron chi connectivity index (χ3n) is 3.64. The molecule has 1 aliphatic rings. The molecule has 1 aliphatic carbocycles. The van der Waals surface area contributed by atoms with E-state index >= 15 is 0 Å². The summed E-state index contributed by atoms with van der Waals surface area (Å²) in [5, 5.41) is 3.51. The zero-order valence-corrected chi connectivity index (χ0v) is 11.6. The summed E-state index contributed by atoms with van der Waals surface area (Å²) in [6.45, 7) is 0.565. The molecule has 0 fully saturated rings. The van der Waals surface area contributed by atoms with Crippen LogP contribution in [-0.2, 0) is 4.79 Å². The molecular weight excluding hydrogens is 270 g/mol. The molecule has 2 aromatic carbocycles. The van der Waals surface area contributed by atoms with Gasteiger partial charge >= 0.3 is 0 Å². The molecule has 0 heterocycles. The molecule has 1 atom stereocenters. The highest BCUT2D eigenvalue weighted by Gasteiger charge is 2.21. The SMILES string of the molecule is O=CNCC1c2ccccc2C=Cc2ccc(Cl)cc21. The van der Waals surface area contributed by atoms with Crippen LogP contribution in [0.25, 0.3) is 12.2 Å². The lowest BCUT2D eigenvalue weighted by Crippen LogP contribution is -2.21. The summed E-state index contributed by atoms with van der Waals surface area (Å²) in [5.74, 6) is 0.111. The first-order valence-electron chi connectivity index (χ1n) is 6.53. The Morgan fingerprint density at radius 2 is 1.80 bits per heavy atom. The number of carbonyl (C=O) groups is 1. The molecule has 2 nitrogen and oxygen atoms in total. The monoisotopic (exact) mass is 283 g/mol. The van der Waals surface area contributed by atoms with Gasteiger partial charge < -0.3 is 5.32 Å². The number of benzene rings is 2. The molecule has 0 aliphatic heterocycles. The summed E-state index contributed by atoms with van der Waals surface area (Å²) in [6.07, 6.45) is 4.96. The van der Waals surface area contributed by atoms with Gasteiger partial charge in [0, 0.05) is 17.5 Å².